The zero-order valence-electron chi connectivity index (χ0n) is 20.0. The second-order valence-electron chi connectivity index (χ2n) is 7.99. The maximum Gasteiger partial charge on any atom is 0.282 e. The van der Waals surface area contributed by atoms with Crippen molar-refractivity contribution in [1.29, 1.82) is 0 Å². The van der Waals surface area contributed by atoms with Crippen molar-refractivity contribution in [3.63, 3.8) is 0 Å². The summed E-state index contributed by atoms with van der Waals surface area (Å²) < 4.78 is 7.19. The number of rotatable bonds is 12. The molecule has 0 aliphatic carbocycles. The van der Waals surface area contributed by atoms with Crippen LogP contribution in [-0.2, 0) is 17.9 Å². The molecule has 2 aromatic carbocycles. The SMILES string of the molecule is CCCCCN(Cc1ccccc1)c1c(C(=O)N(C)OC)cnn1Cc1ccc(OC)cc1. The zero-order valence-corrected chi connectivity index (χ0v) is 20.0. The number of anilines is 1. The topological polar surface area (TPSA) is 59.8 Å². The van der Waals surface area contributed by atoms with E-state index in [4.69, 9.17) is 9.57 Å². The van der Waals surface area contributed by atoms with Gasteiger partial charge in [0.05, 0.1) is 27.0 Å². The second-order valence-corrected chi connectivity index (χ2v) is 7.99. The summed E-state index contributed by atoms with van der Waals surface area (Å²) in [5, 5.41) is 5.86. The van der Waals surface area contributed by atoms with E-state index in [1.807, 2.05) is 47.1 Å². The third-order valence-electron chi connectivity index (χ3n) is 5.64. The predicted molar refractivity (Wildman–Crippen MR) is 130 cm³/mol. The summed E-state index contributed by atoms with van der Waals surface area (Å²) in [7, 11) is 4.76. The zero-order chi connectivity index (χ0) is 23.6. The van der Waals surface area contributed by atoms with Crippen LogP contribution in [0.5, 0.6) is 5.75 Å². The Morgan fingerprint density at radius 1 is 1.00 bits per heavy atom. The van der Waals surface area contributed by atoms with Gasteiger partial charge in [-0.05, 0) is 29.7 Å². The van der Waals surface area contributed by atoms with Gasteiger partial charge in [-0.3, -0.25) is 9.63 Å². The molecule has 1 heterocycles. The van der Waals surface area contributed by atoms with Gasteiger partial charge >= 0.3 is 0 Å². The Morgan fingerprint density at radius 2 is 1.73 bits per heavy atom. The van der Waals surface area contributed by atoms with Crippen LogP contribution in [0.1, 0.15) is 47.7 Å². The van der Waals surface area contributed by atoms with Gasteiger partial charge in [-0.1, -0.05) is 62.2 Å². The molecule has 3 rings (SSSR count). The van der Waals surface area contributed by atoms with E-state index in [9.17, 15) is 4.79 Å². The molecule has 7 heteroatoms. The van der Waals surface area contributed by atoms with Gasteiger partial charge < -0.3 is 9.64 Å². The lowest BCUT2D eigenvalue weighted by atomic mass is 10.1. The molecule has 0 radical (unpaired) electrons. The largest absolute Gasteiger partial charge is 0.497 e. The molecule has 0 N–H and O–H groups in total. The van der Waals surface area contributed by atoms with E-state index in [0.717, 1.165) is 42.9 Å². The minimum absolute atomic E-state index is 0.220. The number of hydroxylamine groups is 2. The predicted octanol–water partition coefficient (Wildman–Crippen LogP) is 4.77. The van der Waals surface area contributed by atoms with Crippen LogP contribution in [0.25, 0.3) is 0 Å². The van der Waals surface area contributed by atoms with E-state index in [1.54, 1.807) is 20.4 Å². The number of carbonyl (C=O) groups is 1. The van der Waals surface area contributed by atoms with Crippen LogP contribution < -0.4 is 9.64 Å². The number of methoxy groups -OCH3 is 1. The highest BCUT2D eigenvalue weighted by Gasteiger charge is 2.25. The molecule has 1 aromatic heterocycles. The maximum atomic E-state index is 13.1. The quantitative estimate of drug-likeness (QED) is 0.294. The van der Waals surface area contributed by atoms with E-state index >= 15 is 0 Å². The van der Waals surface area contributed by atoms with Crippen LogP contribution in [-0.4, -0.2) is 48.6 Å². The summed E-state index contributed by atoms with van der Waals surface area (Å²) in [5.41, 5.74) is 2.79. The number of unbranched alkanes of at least 4 members (excludes halogenated alkanes) is 2. The van der Waals surface area contributed by atoms with Crippen LogP contribution in [0.2, 0.25) is 0 Å². The molecule has 0 atom stereocenters. The molecule has 7 nitrogen and oxygen atoms in total. The summed E-state index contributed by atoms with van der Waals surface area (Å²) in [6, 6.07) is 18.2. The number of hydrogen-bond donors (Lipinski definition) is 0. The summed E-state index contributed by atoms with van der Waals surface area (Å²) in [4.78, 5) is 20.6. The second kappa shape index (κ2) is 12.1. The van der Waals surface area contributed by atoms with Crippen molar-refractivity contribution in [2.75, 3.05) is 32.7 Å². The van der Waals surface area contributed by atoms with E-state index < -0.39 is 0 Å². The Kier molecular flexibility index (Phi) is 8.89. The van der Waals surface area contributed by atoms with Crippen molar-refractivity contribution in [2.45, 2.75) is 39.3 Å². The van der Waals surface area contributed by atoms with Gasteiger partial charge in [0, 0.05) is 20.1 Å². The first-order valence-corrected chi connectivity index (χ1v) is 11.4. The lowest BCUT2D eigenvalue weighted by molar-refractivity contribution is -0.0756. The Bertz CT molecular complexity index is 1000. The van der Waals surface area contributed by atoms with Crippen LogP contribution in [0.15, 0.2) is 60.8 Å². The number of hydrogen-bond acceptors (Lipinski definition) is 5. The number of nitrogens with zero attached hydrogens (tertiary/aromatic N) is 4. The normalized spacial score (nSPS) is 10.8. The molecule has 0 saturated carbocycles. The van der Waals surface area contributed by atoms with Gasteiger partial charge in [0.15, 0.2) is 0 Å². The van der Waals surface area contributed by atoms with Crippen molar-refractivity contribution in [2.24, 2.45) is 0 Å². The lowest BCUT2D eigenvalue weighted by Gasteiger charge is -2.27. The number of amides is 1. The molecular weight excluding hydrogens is 416 g/mol. The number of carbonyl (C=O) groups excluding carboxylic acids is 1. The molecule has 1 amide bonds. The number of aromatic nitrogens is 2. The number of benzene rings is 2. The van der Waals surface area contributed by atoms with Crippen molar-refractivity contribution in [3.8, 4) is 5.75 Å². The fraction of sp³-hybridized carbons (Fsp3) is 0.385. The monoisotopic (exact) mass is 450 g/mol. The van der Waals surface area contributed by atoms with Gasteiger partial charge in [0.2, 0.25) is 0 Å². The third kappa shape index (κ3) is 6.35. The Hall–Kier alpha value is -3.32. The average molecular weight is 451 g/mol. The van der Waals surface area contributed by atoms with Crippen LogP contribution in [0, 0.1) is 0 Å². The highest BCUT2D eigenvalue weighted by Crippen LogP contribution is 2.26. The van der Waals surface area contributed by atoms with Gasteiger partial charge in [0.25, 0.3) is 5.91 Å². The minimum atomic E-state index is -0.220. The van der Waals surface area contributed by atoms with Gasteiger partial charge in [0.1, 0.15) is 17.1 Å². The first-order valence-electron chi connectivity index (χ1n) is 11.4. The molecule has 0 spiro atoms. The molecule has 3 aromatic rings. The maximum absolute atomic E-state index is 13.1. The Balaban J connectivity index is 2.01. The molecule has 176 valence electrons. The van der Waals surface area contributed by atoms with Crippen molar-refractivity contribution in [1.82, 2.24) is 14.8 Å². The molecule has 0 aliphatic rings. The molecule has 0 unspecified atom stereocenters. The van der Waals surface area contributed by atoms with E-state index in [1.165, 1.54) is 17.7 Å². The van der Waals surface area contributed by atoms with Crippen molar-refractivity contribution < 1.29 is 14.4 Å². The summed E-state index contributed by atoms with van der Waals surface area (Å²) in [5.74, 6) is 1.39. The van der Waals surface area contributed by atoms with E-state index in [0.29, 0.717) is 18.7 Å². The van der Waals surface area contributed by atoms with Gasteiger partial charge in [-0.25, -0.2) is 9.75 Å². The number of ether oxygens (including phenoxy) is 1. The standard InChI is InChI=1S/C26H34N4O3/c1-5-6-10-17-29(19-21-11-8-7-9-12-21)25-24(26(31)28(2)33-4)18-27-30(25)20-22-13-15-23(32-3)16-14-22/h7-9,11-16,18H,5-6,10,17,19-20H2,1-4H3. The first-order chi connectivity index (χ1) is 16.1. The van der Waals surface area contributed by atoms with Gasteiger partial charge in [-0.15, -0.1) is 0 Å². The van der Waals surface area contributed by atoms with Crippen molar-refractivity contribution >= 4 is 11.7 Å². The lowest BCUT2D eigenvalue weighted by Crippen LogP contribution is -2.31. The third-order valence-corrected chi connectivity index (χ3v) is 5.64. The molecular formula is C26H34N4O3. The minimum Gasteiger partial charge on any atom is -0.497 e. The van der Waals surface area contributed by atoms with Crippen LogP contribution in [0.4, 0.5) is 5.82 Å². The van der Waals surface area contributed by atoms with Crippen LogP contribution >= 0.6 is 0 Å². The molecule has 0 saturated heterocycles. The Morgan fingerprint density at radius 3 is 2.36 bits per heavy atom. The average Bonchev–Trinajstić information content (AvgIpc) is 3.26. The van der Waals surface area contributed by atoms with E-state index in [-0.39, 0.29) is 5.91 Å². The fourth-order valence-electron chi connectivity index (χ4n) is 3.75. The highest BCUT2D eigenvalue weighted by atomic mass is 16.7. The summed E-state index contributed by atoms with van der Waals surface area (Å²) in [6.07, 6.45) is 4.93. The first kappa shape index (κ1) is 24.3. The summed E-state index contributed by atoms with van der Waals surface area (Å²) >= 11 is 0. The van der Waals surface area contributed by atoms with E-state index in [2.05, 4.69) is 29.1 Å². The Labute approximate surface area is 196 Å². The highest BCUT2D eigenvalue weighted by molar-refractivity contribution is 5.98. The summed E-state index contributed by atoms with van der Waals surface area (Å²) in [6.45, 7) is 4.25. The van der Waals surface area contributed by atoms with Gasteiger partial charge in [-0.2, -0.15) is 5.10 Å². The molecule has 0 bridgehead atoms. The van der Waals surface area contributed by atoms with Crippen molar-refractivity contribution in [3.05, 3.63) is 77.5 Å². The smallest absolute Gasteiger partial charge is 0.282 e. The fourth-order valence-corrected chi connectivity index (χ4v) is 3.75. The molecule has 33 heavy (non-hydrogen) atoms. The molecule has 0 aliphatic heterocycles. The molecule has 0 fully saturated rings. The van der Waals surface area contributed by atoms with Crippen LogP contribution in [0.3, 0.4) is 0 Å².